The van der Waals surface area contributed by atoms with E-state index in [0.29, 0.717) is 6.54 Å². The number of nitrogens with zero attached hydrogens (tertiary/aromatic N) is 2. The second-order valence-corrected chi connectivity index (χ2v) is 4.43. The lowest BCUT2D eigenvalue weighted by Crippen LogP contribution is -2.06. The Kier molecular flexibility index (Phi) is 3.88. The number of hydrogen-bond acceptors (Lipinski definition) is 2. The van der Waals surface area contributed by atoms with Gasteiger partial charge in [-0.25, -0.2) is 4.74 Å². The summed E-state index contributed by atoms with van der Waals surface area (Å²) in [4.78, 5) is 3.90. The molecule has 0 unspecified atom stereocenters. The highest BCUT2D eigenvalue weighted by Gasteiger charge is 2.03. The van der Waals surface area contributed by atoms with Crippen LogP contribution in [0.5, 0.6) is 0 Å². The van der Waals surface area contributed by atoms with E-state index in [2.05, 4.69) is 20.9 Å². The van der Waals surface area contributed by atoms with Crippen molar-refractivity contribution in [3.05, 3.63) is 69.6 Å². The van der Waals surface area contributed by atoms with Crippen molar-refractivity contribution in [2.45, 2.75) is 6.54 Å². The van der Waals surface area contributed by atoms with E-state index >= 15 is 0 Å². The van der Waals surface area contributed by atoms with Crippen molar-refractivity contribution in [2.24, 2.45) is 0 Å². The van der Waals surface area contributed by atoms with Crippen LogP contribution in [-0.2, 0) is 6.54 Å². The molecular formula is C13H11BrN2O. The van der Waals surface area contributed by atoms with Crippen LogP contribution in [0, 0.1) is 5.21 Å². The van der Waals surface area contributed by atoms with Crippen LogP contribution in [0.3, 0.4) is 0 Å². The molecule has 0 bridgehead atoms. The van der Waals surface area contributed by atoms with Crippen LogP contribution in [0.2, 0.25) is 0 Å². The van der Waals surface area contributed by atoms with Crippen LogP contribution in [-0.4, -0.2) is 15.9 Å². The molecule has 1 heterocycles. The Hall–Kier alpha value is -1.68. The second kappa shape index (κ2) is 5.59. The summed E-state index contributed by atoms with van der Waals surface area (Å²) in [6, 6.07) is 11.3. The zero-order valence-corrected chi connectivity index (χ0v) is 10.7. The fourth-order valence-electron chi connectivity index (χ4n) is 1.46. The van der Waals surface area contributed by atoms with E-state index in [0.717, 1.165) is 20.3 Å². The number of hydrogen-bond donors (Lipinski definition) is 0. The molecule has 0 spiro atoms. The third kappa shape index (κ3) is 3.39. The molecule has 0 atom stereocenters. The number of benzene rings is 1. The Morgan fingerprint density at radius 3 is 2.59 bits per heavy atom. The maximum Gasteiger partial charge on any atom is 0.182 e. The van der Waals surface area contributed by atoms with Crippen LogP contribution >= 0.6 is 15.9 Å². The van der Waals surface area contributed by atoms with Gasteiger partial charge in [-0.2, -0.15) is 0 Å². The van der Waals surface area contributed by atoms with Crippen LogP contribution in [0.15, 0.2) is 53.3 Å². The van der Waals surface area contributed by atoms with Gasteiger partial charge in [0.2, 0.25) is 0 Å². The number of pyridine rings is 1. The molecule has 1 aromatic heterocycles. The molecule has 3 nitrogen and oxygen atoms in total. The average molecular weight is 291 g/mol. The van der Waals surface area contributed by atoms with Crippen molar-refractivity contribution >= 4 is 22.1 Å². The molecule has 0 aliphatic carbocycles. The van der Waals surface area contributed by atoms with Gasteiger partial charge in [0.25, 0.3) is 0 Å². The van der Waals surface area contributed by atoms with Crippen molar-refractivity contribution in [1.82, 2.24) is 4.98 Å². The fourth-order valence-corrected chi connectivity index (χ4v) is 1.87. The van der Waals surface area contributed by atoms with E-state index < -0.39 is 0 Å². The normalized spacial score (nSPS) is 11.5. The molecule has 0 saturated heterocycles. The number of halogens is 1. The summed E-state index contributed by atoms with van der Waals surface area (Å²) in [6.07, 6.45) is 4.89. The molecule has 0 aliphatic rings. The van der Waals surface area contributed by atoms with E-state index in [4.69, 9.17) is 0 Å². The van der Waals surface area contributed by atoms with Gasteiger partial charge in [0.15, 0.2) is 12.8 Å². The lowest BCUT2D eigenvalue weighted by atomic mass is 10.2. The van der Waals surface area contributed by atoms with Crippen LogP contribution in [0.1, 0.15) is 11.1 Å². The molecule has 0 saturated carbocycles. The summed E-state index contributed by atoms with van der Waals surface area (Å²) in [7, 11) is 0. The lowest BCUT2D eigenvalue weighted by Gasteiger charge is -2.05. The van der Waals surface area contributed by atoms with Crippen molar-refractivity contribution in [3.8, 4) is 0 Å². The first-order valence-electron chi connectivity index (χ1n) is 5.18. The van der Waals surface area contributed by atoms with Gasteiger partial charge >= 0.3 is 0 Å². The lowest BCUT2D eigenvalue weighted by molar-refractivity contribution is -0.469. The zero-order valence-electron chi connectivity index (χ0n) is 9.08. The quantitative estimate of drug-likeness (QED) is 0.377. The number of aromatic nitrogens is 1. The van der Waals surface area contributed by atoms with Crippen molar-refractivity contribution in [1.29, 1.82) is 0 Å². The van der Waals surface area contributed by atoms with E-state index in [1.807, 2.05) is 24.3 Å². The van der Waals surface area contributed by atoms with Gasteiger partial charge in [0, 0.05) is 28.0 Å². The molecule has 17 heavy (non-hydrogen) atoms. The summed E-state index contributed by atoms with van der Waals surface area (Å²) in [5.41, 5.74) is 1.81. The molecule has 0 fully saturated rings. The van der Waals surface area contributed by atoms with E-state index in [9.17, 15) is 5.21 Å². The van der Waals surface area contributed by atoms with Crippen molar-refractivity contribution < 1.29 is 4.74 Å². The number of hydroxylamine groups is 1. The molecule has 2 aromatic rings. The number of rotatable bonds is 3. The van der Waals surface area contributed by atoms with Gasteiger partial charge in [-0.15, -0.1) is 0 Å². The summed E-state index contributed by atoms with van der Waals surface area (Å²) in [5.74, 6) is 0. The van der Waals surface area contributed by atoms with Gasteiger partial charge in [-0.3, -0.25) is 4.98 Å². The Morgan fingerprint density at radius 2 is 1.88 bits per heavy atom. The molecular weight excluding hydrogens is 280 g/mol. The first kappa shape index (κ1) is 11.8. The Morgan fingerprint density at radius 1 is 1.18 bits per heavy atom. The largest absolute Gasteiger partial charge is 0.624 e. The first-order valence-corrected chi connectivity index (χ1v) is 5.97. The highest BCUT2D eigenvalue weighted by Crippen LogP contribution is 2.16. The van der Waals surface area contributed by atoms with Gasteiger partial charge in [0.05, 0.1) is 0 Å². The maximum absolute atomic E-state index is 11.8. The van der Waals surface area contributed by atoms with Crippen molar-refractivity contribution in [3.63, 3.8) is 0 Å². The molecule has 0 N–H and O–H groups in total. The van der Waals surface area contributed by atoms with Gasteiger partial charge < -0.3 is 5.21 Å². The first-order chi connectivity index (χ1) is 8.25. The van der Waals surface area contributed by atoms with E-state index in [1.54, 1.807) is 30.7 Å². The van der Waals surface area contributed by atoms with Crippen molar-refractivity contribution in [2.75, 3.05) is 0 Å². The molecule has 0 radical (unpaired) electrons. The Balaban J connectivity index is 2.15. The molecule has 86 valence electrons. The van der Waals surface area contributed by atoms with Crippen LogP contribution in [0.25, 0.3) is 0 Å². The molecule has 0 amide bonds. The van der Waals surface area contributed by atoms with E-state index in [-0.39, 0.29) is 0 Å². The average Bonchev–Trinajstić information content (AvgIpc) is 2.33. The Labute approximate surface area is 108 Å². The van der Waals surface area contributed by atoms with Crippen LogP contribution < -0.4 is 0 Å². The summed E-state index contributed by atoms with van der Waals surface area (Å²) in [6.45, 7) is 0.323. The van der Waals surface area contributed by atoms with Gasteiger partial charge in [-0.05, 0) is 18.2 Å². The summed E-state index contributed by atoms with van der Waals surface area (Å²) >= 11 is 3.42. The third-order valence-corrected chi connectivity index (χ3v) is 3.06. The molecule has 0 aliphatic heterocycles. The third-order valence-electron chi connectivity index (χ3n) is 2.28. The summed E-state index contributed by atoms with van der Waals surface area (Å²) < 4.78 is 1.86. The monoisotopic (exact) mass is 290 g/mol. The predicted molar refractivity (Wildman–Crippen MR) is 70.9 cm³/mol. The van der Waals surface area contributed by atoms with Gasteiger partial charge in [0.1, 0.15) is 0 Å². The Bertz CT molecular complexity index is 526. The topological polar surface area (TPSA) is 39.0 Å². The molecule has 2 rings (SSSR count). The maximum atomic E-state index is 11.8. The highest BCUT2D eigenvalue weighted by atomic mass is 79.9. The minimum absolute atomic E-state index is 0.323. The smallest absolute Gasteiger partial charge is 0.182 e. The second-order valence-electron chi connectivity index (χ2n) is 3.58. The SMILES string of the molecule is [O-]/[N+](=C\c1ccncc1)Cc1ccccc1Br. The standard InChI is InChI=1S/C13H11BrN2O/c14-13-4-2-1-3-12(13)10-16(17)9-11-5-7-15-8-6-11/h1-9H,10H2/b16-9-. The molecule has 4 heteroatoms. The highest BCUT2D eigenvalue weighted by molar-refractivity contribution is 9.10. The molecule has 1 aromatic carbocycles. The zero-order chi connectivity index (χ0) is 12.1. The van der Waals surface area contributed by atoms with Gasteiger partial charge in [-0.1, -0.05) is 34.1 Å². The van der Waals surface area contributed by atoms with Crippen LogP contribution in [0.4, 0.5) is 0 Å². The van der Waals surface area contributed by atoms with E-state index in [1.165, 1.54) is 0 Å². The predicted octanol–water partition coefficient (Wildman–Crippen LogP) is 2.97. The minimum Gasteiger partial charge on any atom is -0.624 e. The minimum atomic E-state index is 0.323. The summed E-state index contributed by atoms with van der Waals surface area (Å²) in [5, 5.41) is 11.8. The fraction of sp³-hybridized carbons (Fsp3) is 0.0769.